The Balaban J connectivity index is 1.40. The van der Waals surface area contributed by atoms with Crippen molar-refractivity contribution < 1.29 is 4.79 Å². The van der Waals surface area contributed by atoms with Crippen LogP contribution in [0.15, 0.2) is 53.9 Å². The molecule has 0 saturated carbocycles. The normalized spacial score (nSPS) is 13.6. The lowest BCUT2D eigenvalue weighted by atomic mass is 9.90. The molecule has 1 N–H and O–H groups in total. The number of nitrogens with one attached hydrogen (secondary N) is 1. The number of fused-ring (bicyclic) bond motifs is 1. The fourth-order valence-electron chi connectivity index (χ4n) is 3.67. The van der Waals surface area contributed by atoms with Gasteiger partial charge in [0.2, 0.25) is 5.91 Å². The summed E-state index contributed by atoms with van der Waals surface area (Å²) in [5, 5.41) is 5.51. The van der Waals surface area contributed by atoms with Gasteiger partial charge in [-0.25, -0.2) is 4.98 Å². The molecular formula is C25H26N2OS. The van der Waals surface area contributed by atoms with Gasteiger partial charge in [0, 0.05) is 17.0 Å². The number of aryl methyl sites for hydroxylation is 2. The van der Waals surface area contributed by atoms with Crippen molar-refractivity contribution in [1.29, 1.82) is 0 Å². The predicted octanol–water partition coefficient (Wildman–Crippen LogP) is 6.46. The van der Waals surface area contributed by atoms with Crippen LogP contribution >= 0.6 is 11.3 Å². The Hall–Kier alpha value is -2.72. The molecule has 4 rings (SSSR count). The molecule has 0 atom stereocenters. The van der Waals surface area contributed by atoms with Gasteiger partial charge < -0.3 is 0 Å². The number of benzene rings is 2. The summed E-state index contributed by atoms with van der Waals surface area (Å²) in [6.45, 7) is 4.34. The molecule has 1 aliphatic carbocycles. The van der Waals surface area contributed by atoms with Gasteiger partial charge >= 0.3 is 0 Å². The van der Waals surface area contributed by atoms with Crippen LogP contribution in [0.25, 0.3) is 17.3 Å². The second kappa shape index (κ2) is 8.75. The third kappa shape index (κ3) is 4.83. The van der Waals surface area contributed by atoms with E-state index in [1.165, 1.54) is 47.3 Å². The number of aromatic nitrogens is 1. The van der Waals surface area contributed by atoms with Crippen molar-refractivity contribution in [2.24, 2.45) is 0 Å². The van der Waals surface area contributed by atoms with Crippen LogP contribution in [0, 0.1) is 0 Å². The van der Waals surface area contributed by atoms with E-state index in [1.54, 1.807) is 6.08 Å². The topological polar surface area (TPSA) is 42.0 Å². The number of carbonyl (C=O) groups is 1. The second-order valence-corrected chi connectivity index (χ2v) is 8.73. The third-order valence-corrected chi connectivity index (χ3v) is 6.17. The average molecular weight is 403 g/mol. The molecular weight excluding hydrogens is 376 g/mol. The van der Waals surface area contributed by atoms with E-state index >= 15 is 0 Å². The van der Waals surface area contributed by atoms with Gasteiger partial charge in [0.25, 0.3) is 0 Å². The predicted molar refractivity (Wildman–Crippen MR) is 122 cm³/mol. The lowest BCUT2D eigenvalue weighted by molar-refractivity contribution is -0.111. The van der Waals surface area contributed by atoms with E-state index in [0.29, 0.717) is 11.0 Å². The van der Waals surface area contributed by atoms with Crippen LogP contribution in [0.2, 0.25) is 0 Å². The van der Waals surface area contributed by atoms with Gasteiger partial charge in [-0.05, 0) is 66.0 Å². The Kier molecular flexibility index (Phi) is 5.91. The lowest BCUT2D eigenvalue weighted by Crippen LogP contribution is -2.07. The molecule has 0 saturated heterocycles. The fourth-order valence-corrected chi connectivity index (χ4v) is 4.39. The van der Waals surface area contributed by atoms with Crippen LogP contribution in [0.5, 0.6) is 0 Å². The number of hydrogen-bond acceptors (Lipinski definition) is 3. The van der Waals surface area contributed by atoms with Gasteiger partial charge in [-0.1, -0.05) is 50.2 Å². The highest BCUT2D eigenvalue weighted by Gasteiger charge is 2.12. The highest BCUT2D eigenvalue weighted by molar-refractivity contribution is 7.14. The molecule has 0 fully saturated rings. The monoisotopic (exact) mass is 402 g/mol. The number of carbonyl (C=O) groups excluding carboxylic acids is 1. The molecule has 0 aliphatic heterocycles. The fraction of sp³-hybridized carbons (Fsp3) is 0.280. The van der Waals surface area contributed by atoms with E-state index in [2.05, 4.69) is 54.5 Å². The molecule has 1 heterocycles. The van der Waals surface area contributed by atoms with E-state index in [1.807, 2.05) is 23.6 Å². The first-order valence-electron chi connectivity index (χ1n) is 10.3. The largest absolute Gasteiger partial charge is 0.298 e. The summed E-state index contributed by atoms with van der Waals surface area (Å²) in [5.41, 5.74) is 7.27. The molecule has 0 bridgehead atoms. The Morgan fingerprint density at radius 3 is 2.59 bits per heavy atom. The van der Waals surface area contributed by atoms with Crippen LogP contribution in [0.4, 0.5) is 5.13 Å². The maximum absolute atomic E-state index is 12.3. The number of thiazole rings is 1. The highest BCUT2D eigenvalue weighted by Crippen LogP contribution is 2.29. The summed E-state index contributed by atoms with van der Waals surface area (Å²) in [5.74, 6) is 0.342. The Morgan fingerprint density at radius 1 is 1.07 bits per heavy atom. The van der Waals surface area contributed by atoms with Crippen molar-refractivity contribution in [2.45, 2.75) is 45.4 Å². The van der Waals surface area contributed by atoms with Crippen molar-refractivity contribution in [3.8, 4) is 11.3 Å². The van der Waals surface area contributed by atoms with Gasteiger partial charge in [0.1, 0.15) is 0 Å². The number of nitrogens with zero attached hydrogens (tertiary/aromatic N) is 1. The molecule has 4 heteroatoms. The van der Waals surface area contributed by atoms with Crippen molar-refractivity contribution in [2.75, 3.05) is 5.32 Å². The second-order valence-electron chi connectivity index (χ2n) is 7.87. The van der Waals surface area contributed by atoms with E-state index < -0.39 is 0 Å². The van der Waals surface area contributed by atoms with Crippen LogP contribution in [0.3, 0.4) is 0 Å². The first-order valence-corrected chi connectivity index (χ1v) is 11.1. The van der Waals surface area contributed by atoms with E-state index in [-0.39, 0.29) is 5.91 Å². The lowest BCUT2D eigenvalue weighted by Gasteiger charge is -2.16. The summed E-state index contributed by atoms with van der Waals surface area (Å²) < 4.78 is 0. The summed E-state index contributed by atoms with van der Waals surface area (Å²) in [6, 6.07) is 14.9. The number of hydrogen-bond donors (Lipinski definition) is 1. The van der Waals surface area contributed by atoms with Gasteiger partial charge in [-0.15, -0.1) is 11.3 Å². The third-order valence-electron chi connectivity index (χ3n) is 5.41. The minimum Gasteiger partial charge on any atom is -0.298 e. The SMILES string of the molecule is CC(C)c1ccc(/C=C/C(=O)Nc2nc(-c3ccc4c(c3)CCCC4)cs2)cc1. The molecule has 1 aliphatic rings. The van der Waals surface area contributed by atoms with Crippen molar-refractivity contribution >= 4 is 28.5 Å². The van der Waals surface area contributed by atoms with Crippen LogP contribution in [-0.2, 0) is 17.6 Å². The smallest absolute Gasteiger partial charge is 0.250 e. The molecule has 3 aromatic rings. The molecule has 1 aromatic heterocycles. The molecule has 29 heavy (non-hydrogen) atoms. The van der Waals surface area contributed by atoms with Gasteiger partial charge in [0.05, 0.1) is 5.69 Å². The van der Waals surface area contributed by atoms with Crippen molar-refractivity contribution in [3.63, 3.8) is 0 Å². The Bertz CT molecular complexity index is 1030. The minimum atomic E-state index is -0.163. The average Bonchev–Trinajstić information content (AvgIpc) is 3.20. The zero-order valence-corrected chi connectivity index (χ0v) is 17.8. The van der Waals surface area contributed by atoms with E-state index in [9.17, 15) is 4.79 Å². The molecule has 0 spiro atoms. The quantitative estimate of drug-likeness (QED) is 0.497. The number of anilines is 1. The standard InChI is InChI=1S/C25H26N2OS/c1-17(2)19-10-7-18(8-11-19)9-14-24(28)27-25-26-23(16-29-25)22-13-12-20-5-3-4-6-21(20)15-22/h7-17H,3-6H2,1-2H3,(H,26,27,28)/b14-9+. The number of amides is 1. The first kappa shape index (κ1) is 19.6. The molecule has 3 nitrogen and oxygen atoms in total. The van der Waals surface area contributed by atoms with Crippen molar-refractivity contribution in [3.05, 3.63) is 76.2 Å². The molecule has 0 unspecified atom stereocenters. The zero-order chi connectivity index (χ0) is 20.2. The van der Waals surface area contributed by atoms with Crippen molar-refractivity contribution in [1.82, 2.24) is 4.98 Å². The summed E-state index contributed by atoms with van der Waals surface area (Å²) in [7, 11) is 0. The number of rotatable bonds is 5. The van der Waals surface area contributed by atoms with Crippen LogP contribution in [-0.4, -0.2) is 10.9 Å². The Labute approximate surface area is 176 Å². The Morgan fingerprint density at radius 2 is 1.83 bits per heavy atom. The van der Waals surface area contributed by atoms with Crippen LogP contribution < -0.4 is 5.32 Å². The minimum absolute atomic E-state index is 0.163. The molecule has 2 aromatic carbocycles. The molecule has 148 valence electrons. The van der Waals surface area contributed by atoms with E-state index in [0.717, 1.165) is 23.2 Å². The van der Waals surface area contributed by atoms with Crippen LogP contribution in [0.1, 0.15) is 54.9 Å². The molecule has 1 amide bonds. The maximum atomic E-state index is 12.3. The zero-order valence-electron chi connectivity index (χ0n) is 16.9. The van der Waals surface area contributed by atoms with E-state index in [4.69, 9.17) is 0 Å². The highest BCUT2D eigenvalue weighted by atomic mass is 32.1. The van der Waals surface area contributed by atoms with Gasteiger partial charge in [-0.2, -0.15) is 0 Å². The van der Waals surface area contributed by atoms with Gasteiger partial charge in [0.15, 0.2) is 5.13 Å². The first-order chi connectivity index (χ1) is 14.1. The summed E-state index contributed by atoms with van der Waals surface area (Å²) in [6.07, 6.45) is 8.28. The maximum Gasteiger partial charge on any atom is 0.250 e. The van der Waals surface area contributed by atoms with Gasteiger partial charge in [-0.3, -0.25) is 10.1 Å². The summed E-state index contributed by atoms with van der Waals surface area (Å²) in [4.78, 5) is 16.9. The molecule has 0 radical (unpaired) electrons. The summed E-state index contributed by atoms with van der Waals surface area (Å²) >= 11 is 1.46.